The van der Waals surface area contributed by atoms with Crippen LogP contribution in [0.25, 0.3) is 0 Å². The van der Waals surface area contributed by atoms with Gasteiger partial charge in [0.05, 0.1) is 0 Å². The van der Waals surface area contributed by atoms with Crippen LogP contribution < -0.4 is 10.6 Å². The van der Waals surface area contributed by atoms with Gasteiger partial charge in [0.2, 0.25) is 11.8 Å². The molecule has 0 unspecified atom stereocenters. The lowest BCUT2D eigenvalue weighted by Gasteiger charge is -2.05. The lowest BCUT2D eigenvalue weighted by molar-refractivity contribution is -0.137. The predicted molar refractivity (Wildman–Crippen MR) is 80.8 cm³/mol. The van der Waals surface area contributed by atoms with Crippen LogP contribution in [-0.4, -0.2) is 36.0 Å². The second-order valence-corrected chi connectivity index (χ2v) is 4.86. The molecule has 0 radical (unpaired) electrons. The molecule has 0 aromatic heterocycles. The molecule has 21 heavy (non-hydrogen) atoms. The summed E-state index contributed by atoms with van der Waals surface area (Å²) < 4.78 is 0. The third-order valence-electron chi connectivity index (χ3n) is 2.95. The van der Waals surface area contributed by atoms with Gasteiger partial charge in [0.15, 0.2) is 0 Å². The highest BCUT2D eigenvalue weighted by atomic mass is 16.4. The molecule has 0 spiro atoms. The molecular formula is C15H26N2O4. The molecule has 0 fully saturated rings. The molecule has 0 atom stereocenters. The molecular weight excluding hydrogens is 272 g/mol. The standard InChI is InChI=1S/C15H26N2O4/c1-2-13(18)16-11-7-3-5-9-14(19)17-12-8-4-6-10-15(20)21/h2H,1,3-12H2,(H,16,18)(H,17,19)(H,20,21). The van der Waals surface area contributed by atoms with Crippen LogP contribution in [0.5, 0.6) is 0 Å². The predicted octanol–water partition coefficient (Wildman–Crippen LogP) is 1.61. The first-order valence-electron chi connectivity index (χ1n) is 7.45. The maximum Gasteiger partial charge on any atom is 0.303 e. The van der Waals surface area contributed by atoms with Gasteiger partial charge in [0.25, 0.3) is 0 Å². The average molecular weight is 298 g/mol. The topological polar surface area (TPSA) is 95.5 Å². The van der Waals surface area contributed by atoms with Crippen LogP contribution in [0.1, 0.15) is 51.4 Å². The number of hydrogen-bond acceptors (Lipinski definition) is 3. The number of aliphatic carboxylic acids is 1. The minimum Gasteiger partial charge on any atom is -0.481 e. The Hall–Kier alpha value is -1.85. The zero-order chi connectivity index (χ0) is 15.9. The number of unbranched alkanes of at least 4 members (excludes halogenated alkanes) is 4. The molecule has 0 aromatic rings. The van der Waals surface area contributed by atoms with E-state index in [0.717, 1.165) is 32.1 Å². The number of carboxylic acid groups (broad SMARTS) is 1. The summed E-state index contributed by atoms with van der Waals surface area (Å²) in [6.07, 6.45) is 6.74. The molecule has 0 heterocycles. The third-order valence-corrected chi connectivity index (χ3v) is 2.95. The lowest BCUT2D eigenvalue weighted by Crippen LogP contribution is -2.24. The van der Waals surface area contributed by atoms with Gasteiger partial charge in [-0.15, -0.1) is 0 Å². The van der Waals surface area contributed by atoms with Crippen molar-refractivity contribution in [1.82, 2.24) is 10.6 Å². The fourth-order valence-electron chi connectivity index (χ4n) is 1.77. The number of carbonyl (C=O) groups is 3. The largest absolute Gasteiger partial charge is 0.481 e. The molecule has 0 rings (SSSR count). The number of hydrogen-bond donors (Lipinski definition) is 3. The zero-order valence-electron chi connectivity index (χ0n) is 12.5. The second-order valence-electron chi connectivity index (χ2n) is 4.86. The van der Waals surface area contributed by atoms with Gasteiger partial charge < -0.3 is 15.7 Å². The Morgan fingerprint density at radius 3 is 2.00 bits per heavy atom. The number of nitrogens with one attached hydrogen (secondary N) is 2. The molecule has 0 aromatic carbocycles. The second kappa shape index (κ2) is 13.1. The fourth-order valence-corrected chi connectivity index (χ4v) is 1.77. The van der Waals surface area contributed by atoms with Crippen molar-refractivity contribution in [2.75, 3.05) is 13.1 Å². The monoisotopic (exact) mass is 298 g/mol. The van der Waals surface area contributed by atoms with E-state index in [1.807, 2.05) is 0 Å². The molecule has 0 bridgehead atoms. The van der Waals surface area contributed by atoms with Crippen LogP contribution >= 0.6 is 0 Å². The molecule has 120 valence electrons. The minimum atomic E-state index is -0.775. The van der Waals surface area contributed by atoms with Crippen molar-refractivity contribution in [2.24, 2.45) is 0 Å². The Morgan fingerprint density at radius 1 is 0.857 bits per heavy atom. The van der Waals surface area contributed by atoms with Crippen LogP contribution in [-0.2, 0) is 14.4 Å². The van der Waals surface area contributed by atoms with Crippen molar-refractivity contribution in [3.63, 3.8) is 0 Å². The van der Waals surface area contributed by atoms with Gasteiger partial charge in [0, 0.05) is 25.9 Å². The van der Waals surface area contributed by atoms with E-state index in [2.05, 4.69) is 17.2 Å². The summed E-state index contributed by atoms with van der Waals surface area (Å²) >= 11 is 0. The molecule has 6 heteroatoms. The molecule has 3 N–H and O–H groups in total. The highest BCUT2D eigenvalue weighted by Crippen LogP contribution is 2.01. The van der Waals surface area contributed by atoms with E-state index in [4.69, 9.17) is 5.11 Å². The summed E-state index contributed by atoms with van der Waals surface area (Å²) in [6, 6.07) is 0. The van der Waals surface area contributed by atoms with Crippen molar-refractivity contribution in [2.45, 2.75) is 51.4 Å². The van der Waals surface area contributed by atoms with Gasteiger partial charge in [-0.05, 0) is 31.8 Å². The summed E-state index contributed by atoms with van der Waals surface area (Å²) in [6.45, 7) is 4.57. The Morgan fingerprint density at radius 2 is 1.43 bits per heavy atom. The Kier molecular flexibility index (Phi) is 12.0. The maximum absolute atomic E-state index is 11.5. The quantitative estimate of drug-likeness (QED) is 0.355. The molecule has 0 saturated heterocycles. The van der Waals surface area contributed by atoms with Crippen LogP contribution in [0.15, 0.2) is 12.7 Å². The fraction of sp³-hybridized carbons (Fsp3) is 0.667. The molecule has 0 aliphatic carbocycles. The Labute approximate surface area is 126 Å². The van der Waals surface area contributed by atoms with Crippen LogP contribution in [0.3, 0.4) is 0 Å². The van der Waals surface area contributed by atoms with Crippen molar-refractivity contribution in [3.05, 3.63) is 12.7 Å². The van der Waals surface area contributed by atoms with Crippen molar-refractivity contribution >= 4 is 17.8 Å². The maximum atomic E-state index is 11.5. The first kappa shape index (κ1) is 19.1. The average Bonchev–Trinajstić information content (AvgIpc) is 2.45. The molecule has 0 saturated carbocycles. The molecule has 2 amide bonds. The number of amides is 2. The van der Waals surface area contributed by atoms with Crippen LogP contribution in [0, 0.1) is 0 Å². The van der Waals surface area contributed by atoms with E-state index >= 15 is 0 Å². The van der Waals surface area contributed by atoms with Gasteiger partial charge in [-0.25, -0.2) is 0 Å². The summed E-state index contributed by atoms with van der Waals surface area (Å²) in [4.78, 5) is 32.6. The molecule has 0 aliphatic rings. The normalized spacial score (nSPS) is 9.90. The van der Waals surface area contributed by atoms with Crippen molar-refractivity contribution < 1.29 is 19.5 Å². The third kappa shape index (κ3) is 14.4. The highest BCUT2D eigenvalue weighted by Gasteiger charge is 2.01. The van der Waals surface area contributed by atoms with Gasteiger partial charge in [-0.3, -0.25) is 14.4 Å². The van der Waals surface area contributed by atoms with Crippen molar-refractivity contribution in [1.29, 1.82) is 0 Å². The van der Waals surface area contributed by atoms with E-state index in [1.165, 1.54) is 6.08 Å². The smallest absolute Gasteiger partial charge is 0.303 e. The molecule has 0 aliphatic heterocycles. The summed E-state index contributed by atoms with van der Waals surface area (Å²) in [5.41, 5.74) is 0. The first-order chi connectivity index (χ1) is 10.1. The SMILES string of the molecule is C=CC(=O)NCCCCCC(=O)NCCCCCC(=O)O. The number of rotatable bonds is 13. The van der Waals surface area contributed by atoms with E-state index in [0.29, 0.717) is 25.9 Å². The summed E-state index contributed by atoms with van der Waals surface area (Å²) in [7, 11) is 0. The van der Waals surface area contributed by atoms with Gasteiger partial charge in [-0.1, -0.05) is 19.4 Å². The van der Waals surface area contributed by atoms with Gasteiger partial charge >= 0.3 is 5.97 Å². The Bertz CT molecular complexity index is 343. The molecule has 6 nitrogen and oxygen atoms in total. The van der Waals surface area contributed by atoms with E-state index in [1.54, 1.807) is 0 Å². The van der Waals surface area contributed by atoms with E-state index < -0.39 is 5.97 Å². The van der Waals surface area contributed by atoms with E-state index in [-0.39, 0.29) is 18.2 Å². The number of carboxylic acids is 1. The minimum absolute atomic E-state index is 0.0309. The van der Waals surface area contributed by atoms with Gasteiger partial charge in [-0.2, -0.15) is 0 Å². The zero-order valence-corrected chi connectivity index (χ0v) is 12.5. The first-order valence-corrected chi connectivity index (χ1v) is 7.45. The van der Waals surface area contributed by atoms with Crippen LogP contribution in [0.2, 0.25) is 0 Å². The summed E-state index contributed by atoms with van der Waals surface area (Å²) in [5.74, 6) is -0.915. The highest BCUT2D eigenvalue weighted by molar-refractivity contribution is 5.86. The van der Waals surface area contributed by atoms with E-state index in [9.17, 15) is 14.4 Å². The summed E-state index contributed by atoms with van der Waals surface area (Å²) in [5, 5.41) is 14.0. The Balaban J connectivity index is 3.29. The van der Waals surface area contributed by atoms with Crippen molar-refractivity contribution in [3.8, 4) is 0 Å². The van der Waals surface area contributed by atoms with Crippen LogP contribution in [0.4, 0.5) is 0 Å². The lowest BCUT2D eigenvalue weighted by atomic mass is 10.1. The number of carbonyl (C=O) groups excluding carboxylic acids is 2. The van der Waals surface area contributed by atoms with Gasteiger partial charge in [0.1, 0.15) is 0 Å².